The maximum atomic E-state index is 13.5. The molecule has 0 aliphatic carbocycles. The number of fused-ring (bicyclic) bond motifs is 2. The van der Waals surface area contributed by atoms with Crippen LogP contribution in [0.3, 0.4) is 0 Å². The first-order valence-electron chi connectivity index (χ1n) is 24.9. The number of nitrogens with one attached hydrogen (secondary N) is 12. The molecule has 3 atom stereocenters. The molecule has 12 amide bonds. The highest BCUT2D eigenvalue weighted by molar-refractivity contribution is 7.99. The molecule has 3 aromatic carbocycles. The van der Waals surface area contributed by atoms with Gasteiger partial charge in [0, 0.05) is 51.6 Å². The number of nitrogens with zero attached hydrogens (tertiary/aromatic N) is 1. The number of amides is 12. The summed E-state index contributed by atoms with van der Waals surface area (Å²) in [6.45, 7) is -5.88. The SMILES string of the molecule is N[C@H]1CSCc2ccc(cc2)N2c3ccc(cc3)CSC[C@@H](C(=O)O)NC(=O)CNC(=O)CNC(=O)CNC(=O)CNC(=O)CNC(=O)[C@H](CSCc3ccc2cc3)NC(=O)CNC(=O)CNC(=O)CNC(=O)CNC(=O)CNC1=O. The highest BCUT2D eigenvalue weighted by atomic mass is 32.2. The van der Waals surface area contributed by atoms with E-state index in [1.165, 1.54) is 35.3 Å². The molecular formula is C50H62N14O14S3. The fourth-order valence-electron chi connectivity index (χ4n) is 7.01. The zero-order valence-electron chi connectivity index (χ0n) is 43.5. The Kier molecular flexibility index (Phi) is 26.0. The molecule has 0 spiro atoms. The van der Waals surface area contributed by atoms with E-state index in [0.717, 1.165) is 33.8 Å². The van der Waals surface area contributed by atoms with Crippen LogP contribution in [0.2, 0.25) is 0 Å². The Morgan fingerprint density at radius 1 is 0.383 bits per heavy atom. The smallest absolute Gasteiger partial charge is 0.327 e. The van der Waals surface area contributed by atoms with Gasteiger partial charge in [-0.05, 0) is 53.1 Å². The summed E-state index contributed by atoms with van der Waals surface area (Å²) >= 11 is 3.91. The maximum absolute atomic E-state index is 13.5. The number of benzene rings is 3. The van der Waals surface area contributed by atoms with Crippen LogP contribution in [-0.2, 0) is 79.6 Å². The number of rotatable bonds is 1. The number of carboxylic acids is 1. The van der Waals surface area contributed by atoms with Crippen LogP contribution in [0.15, 0.2) is 72.8 Å². The lowest BCUT2D eigenvalue weighted by atomic mass is 10.1. The van der Waals surface area contributed by atoms with Gasteiger partial charge >= 0.3 is 5.97 Å². The van der Waals surface area contributed by atoms with E-state index in [2.05, 4.69) is 63.8 Å². The van der Waals surface area contributed by atoms with Crippen LogP contribution in [-0.4, -0.2) is 183 Å². The summed E-state index contributed by atoms with van der Waals surface area (Å²) in [5.41, 5.74) is 11.0. The van der Waals surface area contributed by atoms with Gasteiger partial charge in [0.05, 0.1) is 71.5 Å². The van der Waals surface area contributed by atoms with Gasteiger partial charge in [-0.3, -0.25) is 57.5 Å². The molecule has 15 N–H and O–H groups in total. The van der Waals surface area contributed by atoms with Gasteiger partial charge in [0.1, 0.15) is 12.1 Å². The highest BCUT2D eigenvalue weighted by Gasteiger charge is 2.24. The molecule has 434 valence electrons. The summed E-state index contributed by atoms with van der Waals surface area (Å²) in [6.07, 6.45) is 0. The van der Waals surface area contributed by atoms with Gasteiger partial charge in [-0.25, -0.2) is 4.79 Å². The molecule has 6 aliphatic heterocycles. The molecule has 0 unspecified atom stereocenters. The van der Waals surface area contributed by atoms with Gasteiger partial charge < -0.3 is 79.5 Å². The highest BCUT2D eigenvalue weighted by Crippen LogP contribution is 2.36. The fraction of sp³-hybridized carbons (Fsp3) is 0.380. The number of carbonyl (C=O) groups is 13. The Labute approximate surface area is 476 Å². The van der Waals surface area contributed by atoms with Crippen LogP contribution in [0, 0.1) is 0 Å². The quantitative estimate of drug-likeness (QED) is 0.109. The second-order valence-corrected chi connectivity index (χ2v) is 20.8. The number of carboxylic acid groups (broad SMARTS) is 1. The van der Waals surface area contributed by atoms with Crippen molar-refractivity contribution >= 4 is 129 Å². The standard InChI is InChI=1S/C50H62N14O14S3/c51-35-26-79-23-29-1-7-32(8-2-29)64-33-9-3-30(4-10-33)24-80-27-36(62-46(73)21-58-42(69)17-54-38(65)13-52-40(67)15-56-44(71)19-60-48(35)75)49(76)61-20-45(72)57-16-41(68)53-14-39(66)55-18-43(70)59-22-47(74)63-37(50(77)78)28-81-25-31-5-11-34(64)12-6-31/h1-12,35-37H,13-28,51H2,(H,52,67)(H,53,68)(H,54,65)(H,55,66)(H,56,71)(H,57,72)(H,58,69)(H,59,70)(H,60,75)(H,61,76)(H,62,73)(H,63,74)(H,77,78)/t35-,36-,37-/m0/s1. The molecule has 0 saturated heterocycles. The van der Waals surface area contributed by atoms with Gasteiger partial charge in [-0.2, -0.15) is 35.3 Å². The lowest BCUT2D eigenvalue weighted by Gasteiger charge is -2.26. The second kappa shape index (κ2) is 33.2. The van der Waals surface area contributed by atoms with Gasteiger partial charge in [0.15, 0.2) is 0 Å². The van der Waals surface area contributed by atoms with Crippen molar-refractivity contribution in [3.63, 3.8) is 0 Å². The van der Waals surface area contributed by atoms with Gasteiger partial charge in [0.2, 0.25) is 70.9 Å². The molecule has 8 bridgehead atoms. The molecule has 28 nitrogen and oxygen atoms in total. The number of nitrogens with two attached hydrogens (primary N) is 1. The first-order valence-corrected chi connectivity index (χ1v) is 28.3. The molecule has 0 fully saturated rings. The number of aliphatic carboxylic acids is 1. The van der Waals surface area contributed by atoms with Crippen LogP contribution in [0.1, 0.15) is 16.7 Å². The van der Waals surface area contributed by atoms with Crippen molar-refractivity contribution in [3.05, 3.63) is 89.5 Å². The van der Waals surface area contributed by atoms with E-state index in [1.807, 2.05) is 77.7 Å². The van der Waals surface area contributed by atoms with Crippen molar-refractivity contribution in [2.45, 2.75) is 35.4 Å². The topological polar surface area (TPSA) is 416 Å². The third-order valence-corrected chi connectivity index (χ3v) is 14.6. The van der Waals surface area contributed by atoms with Crippen LogP contribution in [0.25, 0.3) is 0 Å². The zero-order valence-corrected chi connectivity index (χ0v) is 45.9. The monoisotopic (exact) mass is 1180 g/mol. The maximum Gasteiger partial charge on any atom is 0.327 e. The van der Waals surface area contributed by atoms with E-state index in [1.54, 1.807) is 0 Å². The third kappa shape index (κ3) is 23.4. The molecule has 6 heterocycles. The molecule has 0 radical (unpaired) electrons. The Morgan fingerprint density at radius 3 is 1.01 bits per heavy atom. The molecule has 9 rings (SSSR count). The second-order valence-electron chi connectivity index (χ2n) is 17.7. The molecule has 0 saturated carbocycles. The van der Waals surface area contributed by atoms with Crippen LogP contribution in [0.4, 0.5) is 17.1 Å². The summed E-state index contributed by atoms with van der Waals surface area (Å²) in [5, 5.41) is 37.8. The summed E-state index contributed by atoms with van der Waals surface area (Å²) in [4.78, 5) is 165. The van der Waals surface area contributed by atoms with Crippen molar-refractivity contribution in [2.24, 2.45) is 5.73 Å². The number of hydrogen-bond acceptors (Lipinski definition) is 18. The van der Waals surface area contributed by atoms with Crippen molar-refractivity contribution in [3.8, 4) is 0 Å². The van der Waals surface area contributed by atoms with Gasteiger partial charge in [-0.1, -0.05) is 36.4 Å². The first-order chi connectivity index (χ1) is 38.8. The average Bonchev–Trinajstić information content (AvgIpc) is 3.45. The molecule has 6 aliphatic rings. The fourth-order valence-corrected chi connectivity index (χ4v) is 9.98. The van der Waals surface area contributed by atoms with E-state index in [0.29, 0.717) is 17.3 Å². The summed E-state index contributed by atoms with van der Waals surface area (Å²) < 4.78 is 0. The molecule has 0 aromatic heterocycles. The van der Waals surface area contributed by atoms with Crippen molar-refractivity contribution in [1.82, 2.24) is 63.8 Å². The van der Waals surface area contributed by atoms with E-state index >= 15 is 0 Å². The molecule has 3 aromatic rings. The van der Waals surface area contributed by atoms with Gasteiger partial charge in [-0.15, -0.1) is 0 Å². The van der Waals surface area contributed by atoms with Gasteiger partial charge in [0.25, 0.3) is 0 Å². The first kappa shape index (κ1) is 63.4. The van der Waals surface area contributed by atoms with E-state index in [-0.39, 0.29) is 17.3 Å². The van der Waals surface area contributed by atoms with E-state index < -0.39 is 160 Å². The molecule has 81 heavy (non-hydrogen) atoms. The summed E-state index contributed by atoms with van der Waals surface area (Å²) in [5.74, 6) is -9.20. The summed E-state index contributed by atoms with van der Waals surface area (Å²) in [6, 6.07) is 19.2. The number of thioether (sulfide) groups is 3. The Hall–Kier alpha value is -8.42. The predicted octanol–water partition coefficient (Wildman–Crippen LogP) is -4.57. The predicted molar refractivity (Wildman–Crippen MR) is 299 cm³/mol. The zero-order chi connectivity index (χ0) is 58.7. The number of anilines is 3. The van der Waals surface area contributed by atoms with Crippen LogP contribution < -0.4 is 74.4 Å². The third-order valence-electron chi connectivity index (χ3n) is 11.3. The summed E-state index contributed by atoms with van der Waals surface area (Å²) in [7, 11) is 0. The van der Waals surface area contributed by atoms with Crippen LogP contribution >= 0.6 is 35.3 Å². The Bertz CT molecular complexity index is 2780. The normalized spacial score (nSPS) is 20.9. The lowest BCUT2D eigenvalue weighted by Crippen LogP contribution is -2.53. The minimum Gasteiger partial charge on any atom is -0.480 e. The average molecular weight is 1180 g/mol. The largest absolute Gasteiger partial charge is 0.480 e. The molecular weight excluding hydrogens is 1120 g/mol. The minimum absolute atomic E-state index is 0.0190. The molecule has 31 heteroatoms. The Morgan fingerprint density at radius 2 is 0.667 bits per heavy atom. The number of carbonyl (C=O) groups excluding carboxylic acids is 12. The van der Waals surface area contributed by atoms with E-state index in [9.17, 15) is 67.4 Å². The van der Waals surface area contributed by atoms with Crippen molar-refractivity contribution in [2.75, 3.05) is 87.6 Å². The van der Waals surface area contributed by atoms with Crippen molar-refractivity contribution in [1.29, 1.82) is 0 Å². The van der Waals surface area contributed by atoms with Crippen LogP contribution in [0.5, 0.6) is 0 Å². The Balaban J connectivity index is 1.39. The number of hydrogen-bond donors (Lipinski definition) is 14. The van der Waals surface area contributed by atoms with E-state index in [4.69, 9.17) is 5.73 Å². The minimum atomic E-state index is -1.30. The van der Waals surface area contributed by atoms with Crippen molar-refractivity contribution < 1.29 is 67.4 Å². The lowest BCUT2D eigenvalue weighted by molar-refractivity contribution is -0.141.